The molecule has 1 saturated carbocycles. The van der Waals surface area contributed by atoms with Gasteiger partial charge in [-0.05, 0) is 62.2 Å². The summed E-state index contributed by atoms with van der Waals surface area (Å²) >= 11 is 6.04. The highest BCUT2D eigenvalue weighted by Crippen LogP contribution is 2.22. The number of hydrogen-bond acceptors (Lipinski definition) is 3. The Morgan fingerprint density at radius 1 is 1.07 bits per heavy atom. The predicted octanol–water partition coefficient (Wildman–Crippen LogP) is 4.34. The van der Waals surface area contributed by atoms with Crippen LogP contribution in [0.1, 0.15) is 39.3 Å². The largest absolute Gasteiger partial charge is 0.349 e. The van der Waals surface area contributed by atoms with Gasteiger partial charge in [0.05, 0.1) is 16.8 Å². The van der Waals surface area contributed by atoms with Crippen molar-refractivity contribution < 1.29 is 9.59 Å². The highest BCUT2D eigenvalue weighted by molar-refractivity contribution is 6.31. The van der Waals surface area contributed by atoms with Gasteiger partial charge in [-0.15, -0.1) is 0 Å². The van der Waals surface area contributed by atoms with E-state index in [-0.39, 0.29) is 17.9 Å². The van der Waals surface area contributed by atoms with Gasteiger partial charge in [-0.3, -0.25) is 14.6 Å². The quantitative estimate of drug-likeness (QED) is 0.708. The molecule has 1 aromatic heterocycles. The van der Waals surface area contributed by atoms with Crippen LogP contribution in [0, 0.1) is 6.92 Å². The van der Waals surface area contributed by atoms with Gasteiger partial charge < -0.3 is 10.6 Å². The zero-order valence-electron chi connectivity index (χ0n) is 14.8. The summed E-state index contributed by atoms with van der Waals surface area (Å²) in [4.78, 5) is 29.4. The molecule has 0 atom stereocenters. The Morgan fingerprint density at radius 3 is 2.67 bits per heavy atom. The second kappa shape index (κ2) is 7.00. The molecule has 0 saturated heterocycles. The number of aromatic nitrogens is 1. The number of hydrogen-bond donors (Lipinski definition) is 2. The van der Waals surface area contributed by atoms with Gasteiger partial charge in [-0.25, -0.2) is 0 Å². The summed E-state index contributed by atoms with van der Waals surface area (Å²) < 4.78 is 0. The Morgan fingerprint density at radius 2 is 1.89 bits per heavy atom. The minimum absolute atomic E-state index is 0.119. The van der Waals surface area contributed by atoms with E-state index in [4.69, 9.17) is 11.6 Å². The lowest BCUT2D eigenvalue weighted by Gasteiger charge is -2.10. The van der Waals surface area contributed by atoms with Crippen molar-refractivity contribution in [2.24, 2.45) is 0 Å². The molecule has 2 amide bonds. The van der Waals surface area contributed by atoms with Crippen molar-refractivity contribution in [3.63, 3.8) is 0 Å². The summed E-state index contributed by atoms with van der Waals surface area (Å²) in [5, 5.41) is 7.19. The van der Waals surface area contributed by atoms with Crippen molar-refractivity contribution in [2.45, 2.75) is 25.8 Å². The Hall–Kier alpha value is -2.92. The van der Waals surface area contributed by atoms with E-state index in [1.165, 1.54) is 0 Å². The Labute approximate surface area is 161 Å². The minimum Gasteiger partial charge on any atom is -0.349 e. The standard InChI is InChI=1S/C21H18ClN3O2/c1-12-18(11-14-9-15(22)5-8-19(14)23-12)21(27)25-17-4-2-3-13(10-17)20(26)24-16-6-7-16/h2-5,8-11,16H,6-7H2,1H3,(H,24,26)(H,25,27). The minimum atomic E-state index is -0.276. The molecule has 1 heterocycles. The van der Waals surface area contributed by atoms with Gasteiger partial charge in [-0.2, -0.15) is 0 Å². The van der Waals surface area contributed by atoms with E-state index in [0.29, 0.717) is 27.5 Å². The maximum Gasteiger partial charge on any atom is 0.257 e. The van der Waals surface area contributed by atoms with Gasteiger partial charge in [-0.1, -0.05) is 17.7 Å². The van der Waals surface area contributed by atoms with Crippen LogP contribution in [0.2, 0.25) is 5.02 Å². The van der Waals surface area contributed by atoms with Crippen LogP contribution in [0.5, 0.6) is 0 Å². The predicted molar refractivity (Wildman–Crippen MR) is 106 cm³/mol. The molecule has 5 nitrogen and oxygen atoms in total. The van der Waals surface area contributed by atoms with Crippen molar-refractivity contribution >= 4 is 40.0 Å². The van der Waals surface area contributed by atoms with Crippen molar-refractivity contribution in [2.75, 3.05) is 5.32 Å². The molecule has 0 spiro atoms. The van der Waals surface area contributed by atoms with Crippen molar-refractivity contribution in [3.05, 3.63) is 70.4 Å². The lowest BCUT2D eigenvalue weighted by Crippen LogP contribution is -2.25. The number of halogens is 1. The number of carbonyl (C=O) groups excluding carboxylic acids is 2. The highest BCUT2D eigenvalue weighted by atomic mass is 35.5. The second-order valence-corrected chi connectivity index (χ2v) is 7.18. The van der Waals surface area contributed by atoms with Crippen molar-refractivity contribution in [3.8, 4) is 0 Å². The lowest BCUT2D eigenvalue weighted by atomic mass is 10.1. The smallest absolute Gasteiger partial charge is 0.257 e. The number of carbonyl (C=O) groups is 2. The monoisotopic (exact) mass is 379 g/mol. The summed E-state index contributed by atoms with van der Waals surface area (Å²) in [6, 6.07) is 14.4. The number of rotatable bonds is 4. The van der Waals surface area contributed by atoms with E-state index in [1.54, 1.807) is 49.4 Å². The number of nitrogens with one attached hydrogen (secondary N) is 2. The lowest BCUT2D eigenvalue weighted by molar-refractivity contribution is 0.0949. The number of nitrogens with zero attached hydrogens (tertiary/aromatic N) is 1. The maximum atomic E-state index is 12.7. The molecule has 6 heteroatoms. The van der Waals surface area contributed by atoms with Gasteiger partial charge in [0, 0.05) is 27.7 Å². The SMILES string of the molecule is Cc1nc2ccc(Cl)cc2cc1C(=O)Nc1cccc(C(=O)NC2CC2)c1. The van der Waals surface area contributed by atoms with Crippen LogP contribution < -0.4 is 10.6 Å². The van der Waals surface area contributed by atoms with E-state index in [1.807, 2.05) is 6.07 Å². The average molecular weight is 380 g/mol. The molecule has 0 bridgehead atoms. The van der Waals surface area contributed by atoms with Gasteiger partial charge in [0.2, 0.25) is 0 Å². The third-order valence-corrected chi connectivity index (χ3v) is 4.74. The Balaban J connectivity index is 1.57. The molecule has 3 aromatic rings. The van der Waals surface area contributed by atoms with Crippen LogP contribution in [0.4, 0.5) is 5.69 Å². The first kappa shape index (κ1) is 17.5. The molecule has 136 valence electrons. The van der Waals surface area contributed by atoms with Gasteiger partial charge >= 0.3 is 0 Å². The number of benzene rings is 2. The summed E-state index contributed by atoms with van der Waals surface area (Å²) in [6.45, 7) is 1.79. The molecule has 1 fully saturated rings. The van der Waals surface area contributed by atoms with Gasteiger partial charge in [0.25, 0.3) is 11.8 Å². The molecule has 0 unspecified atom stereocenters. The third-order valence-electron chi connectivity index (χ3n) is 4.51. The first-order valence-corrected chi connectivity index (χ1v) is 9.16. The molecule has 1 aliphatic carbocycles. The number of aryl methyl sites for hydroxylation is 1. The summed E-state index contributed by atoms with van der Waals surface area (Å²) in [5.41, 5.74) is 2.98. The van der Waals surface area contributed by atoms with Crippen LogP contribution >= 0.6 is 11.6 Å². The zero-order valence-corrected chi connectivity index (χ0v) is 15.5. The summed E-state index contributed by atoms with van der Waals surface area (Å²) in [6.07, 6.45) is 2.06. The fourth-order valence-corrected chi connectivity index (χ4v) is 3.09. The number of amides is 2. The van der Waals surface area contributed by atoms with E-state index in [2.05, 4.69) is 15.6 Å². The Kier molecular flexibility index (Phi) is 4.54. The first-order valence-electron chi connectivity index (χ1n) is 8.79. The molecule has 4 rings (SSSR count). The fourth-order valence-electron chi connectivity index (χ4n) is 2.91. The molecular formula is C21H18ClN3O2. The van der Waals surface area contributed by atoms with E-state index >= 15 is 0 Å². The maximum absolute atomic E-state index is 12.7. The van der Waals surface area contributed by atoms with Gasteiger partial charge in [0.1, 0.15) is 0 Å². The Bertz CT molecular complexity index is 1060. The van der Waals surface area contributed by atoms with E-state index < -0.39 is 0 Å². The average Bonchev–Trinajstić information content (AvgIpc) is 3.45. The van der Waals surface area contributed by atoms with E-state index in [9.17, 15) is 9.59 Å². The molecular weight excluding hydrogens is 362 g/mol. The normalized spacial score (nSPS) is 13.4. The van der Waals surface area contributed by atoms with Crippen molar-refractivity contribution in [1.82, 2.24) is 10.3 Å². The van der Waals surface area contributed by atoms with Crippen LogP contribution in [-0.2, 0) is 0 Å². The topological polar surface area (TPSA) is 71.1 Å². The first-order chi connectivity index (χ1) is 13.0. The molecule has 27 heavy (non-hydrogen) atoms. The van der Waals surface area contributed by atoms with Crippen LogP contribution in [0.3, 0.4) is 0 Å². The third kappa shape index (κ3) is 3.93. The van der Waals surface area contributed by atoms with E-state index in [0.717, 1.165) is 23.7 Å². The zero-order chi connectivity index (χ0) is 19.0. The summed E-state index contributed by atoms with van der Waals surface area (Å²) in [7, 11) is 0. The second-order valence-electron chi connectivity index (χ2n) is 6.74. The fraction of sp³-hybridized carbons (Fsp3) is 0.190. The number of fused-ring (bicyclic) bond motifs is 1. The van der Waals surface area contributed by atoms with Crippen LogP contribution in [-0.4, -0.2) is 22.8 Å². The van der Waals surface area contributed by atoms with Crippen LogP contribution in [0.25, 0.3) is 10.9 Å². The molecule has 1 aliphatic rings. The molecule has 2 aromatic carbocycles. The van der Waals surface area contributed by atoms with Gasteiger partial charge in [0.15, 0.2) is 0 Å². The van der Waals surface area contributed by atoms with Crippen molar-refractivity contribution in [1.29, 1.82) is 0 Å². The highest BCUT2D eigenvalue weighted by Gasteiger charge is 2.24. The number of pyridine rings is 1. The molecule has 2 N–H and O–H groups in total. The summed E-state index contributed by atoms with van der Waals surface area (Å²) in [5.74, 6) is -0.395. The molecule has 0 aliphatic heterocycles. The molecule has 0 radical (unpaired) electrons. The number of anilines is 1. The van der Waals surface area contributed by atoms with Crippen LogP contribution in [0.15, 0.2) is 48.5 Å².